The predicted molar refractivity (Wildman–Crippen MR) is 44.9 cm³/mol. The Morgan fingerprint density at radius 3 is 2.11 bits per heavy atom. The lowest BCUT2D eigenvalue weighted by atomic mass is 10.1. The molecule has 0 aliphatic heterocycles. The summed E-state index contributed by atoms with van der Waals surface area (Å²) in [7, 11) is 0. The van der Waals surface area contributed by atoms with Crippen LogP contribution in [-0.2, 0) is 0 Å². The lowest BCUT2D eigenvalue weighted by molar-refractivity contribution is 0.626. The van der Waals surface area contributed by atoms with E-state index >= 15 is 0 Å². The minimum absolute atomic E-state index is 0.103. The molecule has 0 radical (unpaired) electrons. The van der Waals surface area contributed by atoms with E-state index in [-0.39, 0.29) is 10.3 Å². The van der Waals surface area contributed by atoms with Crippen molar-refractivity contribution in [2.24, 2.45) is 0 Å². The van der Waals surface area contributed by atoms with Crippen molar-refractivity contribution in [3.8, 4) is 0 Å². The fourth-order valence-corrected chi connectivity index (χ4v) is 1.40. The highest BCUT2D eigenvalue weighted by atomic mass is 35.5. The molecule has 0 nitrogen and oxygen atoms in total. The molecule has 0 aliphatic rings. The first-order valence-corrected chi connectivity index (χ1v) is 4.22. The molecule has 0 spiro atoms. The van der Waals surface area contributed by atoms with Crippen molar-refractivity contribution in [1.82, 2.24) is 0 Å². The zero-order valence-corrected chi connectivity index (χ0v) is 7.89. The fourth-order valence-electron chi connectivity index (χ4n) is 0.641. The Morgan fingerprint density at radius 1 is 1.56 bits per heavy atom. The van der Waals surface area contributed by atoms with Gasteiger partial charge in [0.25, 0.3) is 0 Å². The maximum atomic E-state index is 5.90. The molecule has 0 aromatic rings. The first kappa shape index (κ1) is 9.87. The average Bonchev–Trinajstić information content (AvgIpc) is 1.63. The van der Waals surface area contributed by atoms with E-state index in [1.807, 2.05) is 13.8 Å². The molecule has 9 heavy (non-hydrogen) atoms. The van der Waals surface area contributed by atoms with Crippen LogP contribution in [0.5, 0.6) is 0 Å². The Bertz CT molecular complexity index is 78.4. The highest BCUT2D eigenvalue weighted by Gasteiger charge is 2.21. The van der Waals surface area contributed by atoms with Crippen molar-refractivity contribution in [3.63, 3.8) is 0 Å². The van der Waals surface area contributed by atoms with Crippen LogP contribution in [0.2, 0.25) is 0 Å². The van der Waals surface area contributed by atoms with Crippen LogP contribution < -0.4 is 0 Å². The Morgan fingerprint density at radius 2 is 2.00 bits per heavy atom. The van der Waals surface area contributed by atoms with Gasteiger partial charge in [0.15, 0.2) is 0 Å². The van der Waals surface area contributed by atoms with Crippen LogP contribution in [0, 0.1) is 0 Å². The molecule has 0 aromatic carbocycles. The van der Waals surface area contributed by atoms with Crippen molar-refractivity contribution in [2.75, 3.05) is 5.88 Å². The van der Waals surface area contributed by atoms with Crippen LogP contribution in [-0.4, -0.2) is 16.1 Å². The third-order valence-corrected chi connectivity index (χ3v) is 2.15. The molecule has 2 unspecified atom stereocenters. The van der Waals surface area contributed by atoms with E-state index < -0.39 is 0 Å². The number of halogens is 3. The first-order chi connectivity index (χ1) is 3.98. The van der Waals surface area contributed by atoms with Gasteiger partial charge in [0.2, 0.25) is 0 Å². The van der Waals surface area contributed by atoms with Crippen LogP contribution in [0.15, 0.2) is 0 Å². The Balaban J connectivity index is 3.58. The summed E-state index contributed by atoms with van der Waals surface area (Å²) in [5.74, 6) is 0.450. The summed E-state index contributed by atoms with van der Waals surface area (Å²) in [5.41, 5.74) is 0. The minimum Gasteiger partial charge on any atom is -0.125 e. The third-order valence-electron chi connectivity index (χ3n) is 0.986. The maximum absolute atomic E-state index is 5.90. The topological polar surface area (TPSA) is 0 Å². The van der Waals surface area contributed by atoms with Gasteiger partial charge in [-0.15, -0.1) is 34.8 Å². The summed E-state index contributed by atoms with van der Waals surface area (Å²) in [6.45, 7) is 3.80. The second kappa shape index (κ2) is 3.90. The molecular weight excluding hydrogens is 178 g/mol. The molecule has 3 heteroatoms. The van der Waals surface area contributed by atoms with Crippen molar-refractivity contribution >= 4 is 34.8 Å². The standard InChI is InChI=1S/C6H11Cl3/c1-5(8)3-6(2,9)4-7/h5H,3-4H2,1-2H3. The van der Waals surface area contributed by atoms with Gasteiger partial charge in [0.1, 0.15) is 0 Å². The largest absolute Gasteiger partial charge is 0.125 e. The molecule has 0 saturated carbocycles. The highest BCUT2D eigenvalue weighted by Crippen LogP contribution is 2.24. The lowest BCUT2D eigenvalue weighted by Gasteiger charge is -2.19. The number of hydrogen-bond donors (Lipinski definition) is 0. The summed E-state index contributed by atoms with van der Waals surface area (Å²) >= 11 is 17.1. The van der Waals surface area contributed by atoms with Crippen LogP contribution >= 0.6 is 34.8 Å². The Kier molecular flexibility index (Phi) is 4.28. The average molecular weight is 190 g/mol. The van der Waals surface area contributed by atoms with Gasteiger partial charge in [-0.2, -0.15) is 0 Å². The van der Waals surface area contributed by atoms with Crippen molar-refractivity contribution < 1.29 is 0 Å². The fraction of sp³-hybridized carbons (Fsp3) is 1.00. The summed E-state index contributed by atoms with van der Waals surface area (Å²) in [5, 5.41) is 0.103. The van der Waals surface area contributed by atoms with Crippen molar-refractivity contribution in [3.05, 3.63) is 0 Å². The molecule has 2 atom stereocenters. The molecular formula is C6H11Cl3. The van der Waals surface area contributed by atoms with Gasteiger partial charge >= 0.3 is 0 Å². The number of alkyl halides is 3. The second-order valence-corrected chi connectivity index (χ2v) is 4.46. The molecule has 0 rings (SSSR count). The SMILES string of the molecule is CC(Cl)CC(C)(Cl)CCl. The van der Waals surface area contributed by atoms with Crippen molar-refractivity contribution in [2.45, 2.75) is 30.5 Å². The zero-order chi connectivity index (χ0) is 7.49. The molecule has 56 valence electrons. The first-order valence-electron chi connectivity index (χ1n) is 2.87. The molecule has 0 saturated heterocycles. The summed E-state index contributed by atoms with van der Waals surface area (Å²) < 4.78 is 0. The van der Waals surface area contributed by atoms with E-state index in [0.29, 0.717) is 5.88 Å². The quantitative estimate of drug-likeness (QED) is 0.598. The van der Waals surface area contributed by atoms with E-state index in [2.05, 4.69) is 0 Å². The van der Waals surface area contributed by atoms with E-state index in [1.165, 1.54) is 0 Å². The Labute approximate surface area is 71.5 Å². The third kappa shape index (κ3) is 5.32. The van der Waals surface area contributed by atoms with Gasteiger partial charge in [-0.25, -0.2) is 0 Å². The van der Waals surface area contributed by atoms with E-state index in [4.69, 9.17) is 34.8 Å². The van der Waals surface area contributed by atoms with E-state index in [0.717, 1.165) is 6.42 Å². The van der Waals surface area contributed by atoms with E-state index in [9.17, 15) is 0 Å². The van der Waals surface area contributed by atoms with Crippen molar-refractivity contribution in [1.29, 1.82) is 0 Å². The second-order valence-electron chi connectivity index (χ2n) is 2.53. The van der Waals surface area contributed by atoms with Gasteiger partial charge in [0.05, 0.1) is 4.87 Å². The van der Waals surface area contributed by atoms with Gasteiger partial charge in [-0.1, -0.05) is 0 Å². The summed E-state index contributed by atoms with van der Waals surface area (Å²) in [6.07, 6.45) is 0.750. The van der Waals surface area contributed by atoms with Gasteiger partial charge in [-0.3, -0.25) is 0 Å². The van der Waals surface area contributed by atoms with Gasteiger partial charge in [-0.05, 0) is 20.3 Å². The highest BCUT2D eigenvalue weighted by molar-refractivity contribution is 6.31. The molecule has 0 fully saturated rings. The zero-order valence-electron chi connectivity index (χ0n) is 5.63. The molecule has 0 aliphatic carbocycles. The smallest absolute Gasteiger partial charge is 0.0567 e. The molecule has 0 aromatic heterocycles. The molecule has 0 heterocycles. The van der Waals surface area contributed by atoms with Gasteiger partial charge < -0.3 is 0 Å². The van der Waals surface area contributed by atoms with Crippen LogP contribution in [0.4, 0.5) is 0 Å². The molecule has 0 amide bonds. The van der Waals surface area contributed by atoms with Gasteiger partial charge in [0, 0.05) is 11.3 Å². The Hall–Kier alpha value is 0.870. The van der Waals surface area contributed by atoms with Crippen LogP contribution in [0.3, 0.4) is 0 Å². The predicted octanol–water partition coefficient (Wildman–Crippen LogP) is 3.24. The number of rotatable bonds is 3. The lowest BCUT2D eigenvalue weighted by Crippen LogP contribution is -2.21. The summed E-state index contributed by atoms with van der Waals surface area (Å²) in [6, 6.07) is 0. The monoisotopic (exact) mass is 188 g/mol. The normalized spacial score (nSPS) is 21.0. The molecule has 0 bridgehead atoms. The maximum Gasteiger partial charge on any atom is 0.0567 e. The van der Waals surface area contributed by atoms with Crippen LogP contribution in [0.25, 0.3) is 0 Å². The molecule has 0 N–H and O–H groups in total. The number of hydrogen-bond acceptors (Lipinski definition) is 0. The van der Waals surface area contributed by atoms with Crippen LogP contribution in [0.1, 0.15) is 20.3 Å². The minimum atomic E-state index is -0.331. The van der Waals surface area contributed by atoms with E-state index in [1.54, 1.807) is 0 Å². The summed E-state index contributed by atoms with van der Waals surface area (Å²) in [4.78, 5) is -0.331.